The van der Waals surface area contributed by atoms with Crippen LogP contribution in [0.15, 0.2) is 59.5 Å². The normalized spacial score (nSPS) is 20.0. The van der Waals surface area contributed by atoms with Gasteiger partial charge in [0, 0.05) is 19.6 Å². The fourth-order valence-electron chi connectivity index (χ4n) is 3.78. The lowest BCUT2D eigenvalue weighted by atomic mass is 9.95. The molecule has 166 valence electrons. The van der Waals surface area contributed by atoms with E-state index in [9.17, 15) is 18.0 Å². The minimum Gasteiger partial charge on any atom is -0.350 e. The first-order chi connectivity index (χ1) is 14.7. The van der Waals surface area contributed by atoms with Crippen LogP contribution in [0.3, 0.4) is 0 Å². The van der Waals surface area contributed by atoms with Crippen molar-refractivity contribution in [1.29, 1.82) is 0 Å². The Morgan fingerprint density at radius 3 is 2.35 bits per heavy atom. The molecule has 0 radical (unpaired) electrons. The van der Waals surface area contributed by atoms with Crippen LogP contribution >= 0.6 is 0 Å². The zero-order valence-electron chi connectivity index (χ0n) is 18.2. The molecule has 1 aliphatic heterocycles. The minimum absolute atomic E-state index is 0.101. The van der Waals surface area contributed by atoms with E-state index in [1.54, 1.807) is 25.1 Å². The van der Waals surface area contributed by atoms with E-state index in [4.69, 9.17) is 0 Å². The van der Waals surface area contributed by atoms with E-state index in [2.05, 4.69) is 5.32 Å². The number of carbonyl (C=O) groups is 2. The summed E-state index contributed by atoms with van der Waals surface area (Å²) >= 11 is 0. The Morgan fingerprint density at radius 1 is 1.10 bits per heavy atom. The number of hydrogen-bond acceptors (Lipinski definition) is 4. The van der Waals surface area contributed by atoms with Gasteiger partial charge in [-0.3, -0.25) is 9.59 Å². The quantitative estimate of drug-likeness (QED) is 0.712. The maximum Gasteiger partial charge on any atom is 0.247 e. The summed E-state index contributed by atoms with van der Waals surface area (Å²) in [6, 6.07) is 15.8. The number of nitrogens with zero attached hydrogens (tertiary/aromatic N) is 2. The van der Waals surface area contributed by atoms with Gasteiger partial charge >= 0.3 is 0 Å². The van der Waals surface area contributed by atoms with Crippen LogP contribution in [0.1, 0.15) is 31.4 Å². The molecule has 0 aromatic heterocycles. The number of nitrogens with one attached hydrogen (secondary N) is 1. The molecule has 1 N–H and O–H groups in total. The van der Waals surface area contributed by atoms with Crippen molar-refractivity contribution in [2.24, 2.45) is 0 Å². The molecular weight excluding hydrogens is 414 g/mol. The SMILES string of the molecule is CCCN1C(=O)CN(S(=O)(=O)c2ccccc2)C[C@]1(C)C(=O)NCc1ccc(C)cc1. The van der Waals surface area contributed by atoms with Gasteiger partial charge < -0.3 is 10.2 Å². The molecular formula is C23H29N3O4S. The van der Waals surface area contributed by atoms with Gasteiger partial charge in [-0.05, 0) is 38.0 Å². The first-order valence-corrected chi connectivity index (χ1v) is 11.8. The van der Waals surface area contributed by atoms with Crippen LogP contribution in [0.4, 0.5) is 0 Å². The van der Waals surface area contributed by atoms with Crippen molar-refractivity contribution < 1.29 is 18.0 Å². The Kier molecular flexibility index (Phi) is 6.81. The summed E-state index contributed by atoms with van der Waals surface area (Å²) in [5.41, 5.74) is 0.744. The first kappa shape index (κ1) is 23.0. The van der Waals surface area contributed by atoms with Crippen molar-refractivity contribution in [1.82, 2.24) is 14.5 Å². The lowest BCUT2D eigenvalue weighted by Gasteiger charge is -2.46. The molecule has 0 aliphatic carbocycles. The van der Waals surface area contributed by atoms with Gasteiger partial charge in [-0.25, -0.2) is 8.42 Å². The number of piperazine rings is 1. The number of rotatable bonds is 7. The third kappa shape index (κ3) is 4.80. The van der Waals surface area contributed by atoms with Crippen molar-refractivity contribution in [3.8, 4) is 0 Å². The average Bonchev–Trinajstić information content (AvgIpc) is 2.76. The molecule has 2 aromatic rings. The standard InChI is InChI=1S/C23H29N3O4S/c1-4-14-26-21(27)16-25(31(29,30)20-8-6-5-7-9-20)17-23(26,3)22(28)24-15-19-12-10-18(2)11-13-19/h5-13H,4,14-17H2,1-3H3,(H,24,28)/t23-/m1/s1. The maximum absolute atomic E-state index is 13.3. The topological polar surface area (TPSA) is 86.8 Å². The Balaban J connectivity index is 1.86. The molecule has 1 aliphatic rings. The highest BCUT2D eigenvalue weighted by molar-refractivity contribution is 7.89. The zero-order valence-corrected chi connectivity index (χ0v) is 19.0. The van der Waals surface area contributed by atoms with E-state index < -0.39 is 15.6 Å². The second-order valence-electron chi connectivity index (χ2n) is 8.07. The number of sulfonamides is 1. The highest BCUT2D eigenvalue weighted by Gasteiger charge is 2.49. The van der Waals surface area contributed by atoms with Gasteiger partial charge in [0.25, 0.3) is 0 Å². The Bertz CT molecular complexity index is 1040. The van der Waals surface area contributed by atoms with Crippen molar-refractivity contribution in [3.05, 3.63) is 65.7 Å². The molecule has 2 aromatic carbocycles. The predicted molar refractivity (Wildman–Crippen MR) is 119 cm³/mol. The summed E-state index contributed by atoms with van der Waals surface area (Å²) in [5, 5.41) is 2.90. The largest absolute Gasteiger partial charge is 0.350 e. The van der Waals surface area contributed by atoms with Crippen LogP contribution in [0.2, 0.25) is 0 Å². The second-order valence-corrected chi connectivity index (χ2v) is 10.0. The van der Waals surface area contributed by atoms with Crippen LogP contribution in [0.5, 0.6) is 0 Å². The van der Waals surface area contributed by atoms with Crippen molar-refractivity contribution >= 4 is 21.8 Å². The van der Waals surface area contributed by atoms with Crippen LogP contribution < -0.4 is 5.32 Å². The fourth-order valence-corrected chi connectivity index (χ4v) is 5.28. The average molecular weight is 444 g/mol. The van der Waals surface area contributed by atoms with Gasteiger partial charge in [0.15, 0.2) is 0 Å². The fraction of sp³-hybridized carbons (Fsp3) is 0.391. The molecule has 8 heteroatoms. The molecule has 3 rings (SSSR count). The van der Waals surface area contributed by atoms with Crippen molar-refractivity contribution in [3.63, 3.8) is 0 Å². The second kappa shape index (κ2) is 9.20. The maximum atomic E-state index is 13.3. The van der Waals surface area contributed by atoms with Crippen molar-refractivity contribution in [2.75, 3.05) is 19.6 Å². The molecule has 0 unspecified atom stereocenters. The molecule has 0 saturated carbocycles. The summed E-state index contributed by atoms with van der Waals surface area (Å²) < 4.78 is 27.4. The van der Waals surface area contributed by atoms with Gasteiger partial charge in [-0.2, -0.15) is 4.31 Å². The number of hydrogen-bond donors (Lipinski definition) is 1. The Labute approximate surface area is 184 Å². The summed E-state index contributed by atoms with van der Waals surface area (Å²) in [7, 11) is -3.90. The molecule has 1 fully saturated rings. The Morgan fingerprint density at radius 2 is 1.74 bits per heavy atom. The lowest BCUT2D eigenvalue weighted by molar-refractivity contribution is -0.152. The van der Waals surface area contributed by atoms with Gasteiger partial charge in [-0.1, -0.05) is 55.0 Å². The van der Waals surface area contributed by atoms with E-state index in [1.165, 1.54) is 17.0 Å². The van der Waals surface area contributed by atoms with Gasteiger partial charge in [0.05, 0.1) is 11.4 Å². The number of carbonyl (C=O) groups excluding carboxylic acids is 2. The molecule has 1 saturated heterocycles. The first-order valence-electron chi connectivity index (χ1n) is 10.4. The predicted octanol–water partition coefficient (Wildman–Crippen LogP) is 2.31. The van der Waals surface area contributed by atoms with E-state index in [0.717, 1.165) is 15.4 Å². The van der Waals surface area contributed by atoms with Gasteiger partial charge in [-0.15, -0.1) is 0 Å². The molecule has 1 heterocycles. The third-order valence-electron chi connectivity index (χ3n) is 5.58. The summed E-state index contributed by atoms with van der Waals surface area (Å²) in [5.74, 6) is -0.747. The number of aryl methyl sites for hydroxylation is 1. The molecule has 7 nitrogen and oxygen atoms in total. The van der Waals surface area contributed by atoms with Crippen LogP contribution in [0, 0.1) is 6.92 Å². The zero-order chi connectivity index (χ0) is 22.6. The number of benzene rings is 2. The molecule has 1 atom stereocenters. The molecule has 2 amide bonds. The highest BCUT2D eigenvalue weighted by atomic mass is 32.2. The van der Waals surface area contributed by atoms with Gasteiger partial charge in [0.1, 0.15) is 5.54 Å². The van der Waals surface area contributed by atoms with E-state index in [-0.39, 0.29) is 29.8 Å². The smallest absolute Gasteiger partial charge is 0.247 e. The van der Waals surface area contributed by atoms with Crippen molar-refractivity contribution in [2.45, 2.75) is 44.2 Å². The summed E-state index contributed by atoms with van der Waals surface area (Å²) in [6.07, 6.45) is 0.665. The van der Waals surface area contributed by atoms with Gasteiger partial charge in [0.2, 0.25) is 21.8 Å². The molecule has 0 spiro atoms. The van der Waals surface area contributed by atoms with E-state index >= 15 is 0 Å². The Hall–Kier alpha value is -2.71. The van der Waals surface area contributed by atoms with Crippen LogP contribution in [-0.2, 0) is 26.2 Å². The minimum atomic E-state index is -3.90. The molecule has 31 heavy (non-hydrogen) atoms. The number of amides is 2. The summed E-state index contributed by atoms with van der Waals surface area (Å²) in [6.45, 7) is 5.85. The monoisotopic (exact) mass is 443 g/mol. The third-order valence-corrected chi connectivity index (χ3v) is 7.39. The van der Waals surface area contributed by atoms with E-state index in [0.29, 0.717) is 19.5 Å². The lowest BCUT2D eigenvalue weighted by Crippen LogP contribution is -2.69. The highest BCUT2D eigenvalue weighted by Crippen LogP contribution is 2.28. The summed E-state index contributed by atoms with van der Waals surface area (Å²) in [4.78, 5) is 27.8. The molecule has 0 bridgehead atoms. The van der Waals surface area contributed by atoms with Crippen LogP contribution in [0.25, 0.3) is 0 Å². The van der Waals surface area contributed by atoms with E-state index in [1.807, 2.05) is 38.1 Å². The van der Waals surface area contributed by atoms with Crippen LogP contribution in [-0.4, -0.2) is 54.6 Å².